The Balaban J connectivity index is 2.08. The first kappa shape index (κ1) is 15.6. The van der Waals surface area contributed by atoms with Crippen LogP contribution < -0.4 is 0 Å². The molecule has 1 atom stereocenters. The summed E-state index contributed by atoms with van der Waals surface area (Å²) in [7, 11) is 0. The smallest absolute Gasteiger partial charge is 0.158 e. The molecule has 0 unspecified atom stereocenters. The number of fused-ring (bicyclic) bond motifs is 1. The van der Waals surface area contributed by atoms with E-state index in [0.717, 1.165) is 28.1 Å². The normalized spacial score (nSPS) is 12.9. The minimum Gasteiger partial charge on any atom is -0.391 e. The summed E-state index contributed by atoms with van der Waals surface area (Å²) in [5.74, 6) is 1.84. The first-order valence-corrected chi connectivity index (χ1v) is 8.06. The van der Waals surface area contributed by atoms with Crippen molar-refractivity contribution in [3.63, 3.8) is 0 Å². The summed E-state index contributed by atoms with van der Waals surface area (Å²) in [5, 5.41) is 15.7. The molecule has 1 N–H and O–H groups in total. The van der Waals surface area contributed by atoms with E-state index in [1.165, 1.54) is 0 Å². The summed E-state index contributed by atoms with van der Waals surface area (Å²) < 4.78 is 1.82. The van der Waals surface area contributed by atoms with E-state index in [1.54, 1.807) is 6.20 Å². The Hall–Kier alpha value is -2.27. The standard InChI is InChI=1S/C18H22N4O/c1-4-15(23)11-22-18(20-17(21-22)12(2)3)14-7-8-16-13(10-14)6-5-9-19-16/h5-10,12,15,23H,4,11H2,1-3H3/t15-/m1/s1. The summed E-state index contributed by atoms with van der Waals surface area (Å²) in [5.41, 5.74) is 1.95. The van der Waals surface area contributed by atoms with Gasteiger partial charge in [-0.2, -0.15) is 5.10 Å². The minimum atomic E-state index is -0.419. The predicted molar refractivity (Wildman–Crippen MR) is 91.1 cm³/mol. The fraction of sp³-hybridized carbons (Fsp3) is 0.389. The third-order valence-corrected chi connectivity index (χ3v) is 3.92. The maximum Gasteiger partial charge on any atom is 0.158 e. The molecule has 3 rings (SSSR count). The SMILES string of the molecule is CC[C@@H](O)Cn1nc(C(C)C)nc1-c1ccc2ncccc2c1. The highest BCUT2D eigenvalue weighted by molar-refractivity contribution is 5.83. The van der Waals surface area contributed by atoms with Crippen LogP contribution in [0.25, 0.3) is 22.3 Å². The van der Waals surface area contributed by atoms with Crippen molar-refractivity contribution in [2.45, 2.75) is 45.8 Å². The van der Waals surface area contributed by atoms with Gasteiger partial charge >= 0.3 is 0 Å². The lowest BCUT2D eigenvalue weighted by molar-refractivity contribution is 0.145. The van der Waals surface area contributed by atoms with Gasteiger partial charge in [0.05, 0.1) is 18.2 Å². The van der Waals surface area contributed by atoms with Crippen LogP contribution in [-0.4, -0.2) is 31.0 Å². The molecule has 0 aliphatic heterocycles. The van der Waals surface area contributed by atoms with Crippen molar-refractivity contribution < 1.29 is 5.11 Å². The van der Waals surface area contributed by atoms with Crippen molar-refractivity contribution in [1.82, 2.24) is 19.7 Å². The molecule has 0 bridgehead atoms. The van der Waals surface area contributed by atoms with Gasteiger partial charge in [-0.15, -0.1) is 0 Å². The van der Waals surface area contributed by atoms with Gasteiger partial charge in [0.15, 0.2) is 11.6 Å². The molecule has 0 saturated carbocycles. The molecule has 0 spiro atoms. The molecular formula is C18H22N4O. The van der Waals surface area contributed by atoms with E-state index >= 15 is 0 Å². The van der Waals surface area contributed by atoms with Crippen molar-refractivity contribution in [3.8, 4) is 11.4 Å². The van der Waals surface area contributed by atoms with Crippen molar-refractivity contribution in [1.29, 1.82) is 0 Å². The number of nitrogens with zero attached hydrogens (tertiary/aromatic N) is 4. The van der Waals surface area contributed by atoms with Gasteiger partial charge in [0.2, 0.25) is 0 Å². The second-order valence-electron chi connectivity index (χ2n) is 6.10. The molecule has 2 heterocycles. The molecule has 3 aromatic rings. The second-order valence-corrected chi connectivity index (χ2v) is 6.10. The summed E-state index contributed by atoms with van der Waals surface area (Å²) in [4.78, 5) is 9.05. The first-order valence-electron chi connectivity index (χ1n) is 8.06. The lowest BCUT2D eigenvalue weighted by Crippen LogP contribution is -2.17. The van der Waals surface area contributed by atoms with Gasteiger partial charge in [-0.05, 0) is 30.7 Å². The van der Waals surface area contributed by atoms with Gasteiger partial charge in [-0.3, -0.25) is 4.98 Å². The molecule has 0 fully saturated rings. The first-order chi connectivity index (χ1) is 11.1. The summed E-state index contributed by atoms with van der Waals surface area (Å²) >= 11 is 0. The van der Waals surface area contributed by atoms with Gasteiger partial charge in [0.1, 0.15) is 0 Å². The third-order valence-electron chi connectivity index (χ3n) is 3.92. The van der Waals surface area contributed by atoms with Gasteiger partial charge in [0, 0.05) is 23.1 Å². The zero-order chi connectivity index (χ0) is 16.4. The van der Waals surface area contributed by atoms with Gasteiger partial charge < -0.3 is 5.11 Å². The molecule has 23 heavy (non-hydrogen) atoms. The number of aromatic nitrogens is 4. The van der Waals surface area contributed by atoms with Gasteiger partial charge in [-0.1, -0.05) is 26.8 Å². The minimum absolute atomic E-state index is 0.246. The number of rotatable bonds is 5. The molecule has 0 saturated heterocycles. The quantitative estimate of drug-likeness (QED) is 0.784. The largest absolute Gasteiger partial charge is 0.391 e. The van der Waals surface area contributed by atoms with Crippen LogP contribution in [0, 0.1) is 0 Å². The Morgan fingerprint density at radius 1 is 1.22 bits per heavy atom. The van der Waals surface area contributed by atoms with Crippen LogP contribution in [0.15, 0.2) is 36.5 Å². The van der Waals surface area contributed by atoms with Crippen molar-refractivity contribution in [3.05, 3.63) is 42.4 Å². The van der Waals surface area contributed by atoms with E-state index in [1.807, 2.05) is 35.9 Å². The fourth-order valence-corrected chi connectivity index (χ4v) is 2.49. The van der Waals surface area contributed by atoms with Crippen LogP contribution in [0.3, 0.4) is 0 Å². The van der Waals surface area contributed by atoms with Crippen LogP contribution in [0.2, 0.25) is 0 Å². The molecule has 0 aliphatic rings. The number of aliphatic hydroxyl groups is 1. The summed E-state index contributed by atoms with van der Waals surface area (Å²) in [6.45, 7) is 6.57. The van der Waals surface area contributed by atoms with Gasteiger partial charge in [0.25, 0.3) is 0 Å². The number of aliphatic hydroxyl groups excluding tert-OH is 1. The van der Waals surface area contributed by atoms with Crippen LogP contribution in [0.4, 0.5) is 0 Å². The topological polar surface area (TPSA) is 63.8 Å². The van der Waals surface area contributed by atoms with Crippen LogP contribution in [0.1, 0.15) is 38.9 Å². The second kappa shape index (κ2) is 6.46. The van der Waals surface area contributed by atoms with Crippen molar-refractivity contribution >= 4 is 10.9 Å². The number of pyridine rings is 1. The van der Waals surface area contributed by atoms with Gasteiger partial charge in [-0.25, -0.2) is 9.67 Å². The summed E-state index contributed by atoms with van der Waals surface area (Å²) in [6, 6.07) is 10.0. The molecule has 2 aromatic heterocycles. The monoisotopic (exact) mass is 310 g/mol. The van der Waals surface area contributed by atoms with Crippen LogP contribution >= 0.6 is 0 Å². The maximum atomic E-state index is 10.0. The van der Waals surface area contributed by atoms with E-state index in [2.05, 4.69) is 30.0 Å². The molecule has 5 nitrogen and oxygen atoms in total. The molecule has 0 amide bonds. The molecular weight excluding hydrogens is 288 g/mol. The molecule has 5 heteroatoms. The predicted octanol–water partition coefficient (Wildman–Crippen LogP) is 3.39. The number of benzene rings is 1. The third kappa shape index (κ3) is 3.24. The van der Waals surface area contributed by atoms with E-state index in [9.17, 15) is 5.11 Å². The van der Waals surface area contributed by atoms with E-state index < -0.39 is 6.10 Å². The highest BCUT2D eigenvalue weighted by atomic mass is 16.3. The van der Waals surface area contributed by atoms with E-state index in [4.69, 9.17) is 4.98 Å². The van der Waals surface area contributed by atoms with Crippen molar-refractivity contribution in [2.75, 3.05) is 0 Å². The number of hydrogen-bond acceptors (Lipinski definition) is 4. The van der Waals surface area contributed by atoms with E-state index in [-0.39, 0.29) is 5.92 Å². The van der Waals surface area contributed by atoms with E-state index in [0.29, 0.717) is 13.0 Å². The zero-order valence-corrected chi connectivity index (χ0v) is 13.8. The number of hydrogen-bond donors (Lipinski definition) is 1. The Kier molecular flexibility index (Phi) is 4.39. The lowest BCUT2D eigenvalue weighted by atomic mass is 10.1. The maximum absolute atomic E-state index is 10.0. The molecule has 1 aromatic carbocycles. The average Bonchev–Trinajstić information content (AvgIpc) is 2.98. The summed E-state index contributed by atoms with van der Waals surface area (Å²) in [6.07, 6.45) is 2.06. The van der Waals surface area contributed by atoms with Crippen LogP contribution in [0.5, 0.6) is 0 Å². The Morgan fingerprint density at radius 3 is 2.78 bits per heavy atom. The fourth-order valence-electron chi connectivity index (χ4n) is 2.49. The Bertz CT molecular complexity index is 810. The molecule has 0 radical (unpaired) electrons. The Labute approximate surface area is 136 Å². The average molecular weight is 310 g/mol. The lowest BCUT2D eigenvalue weighted by Gasteiger charge is -2.10. The zero-order valence-electron chi connectivity index (χ0n) is 13.8. The molecule has 120 valence electrons. The van der Waals surface area contributed by atoms with Crippen LogP contribution in [-0.2, 0) is 6.54 Å². The van der Waals surface area contributed by atoms with Crippen molar-refractivity contribution in [2.24, 2.45) is 0 Å². The highest BCUT2D eigenvalue weighted by Gasteiger charge is 2.16. The Morgan fingerprint density at radius 2 is 2.04 bits per heavy atom. The highest BCUT2D eigenvalue weighted by Crippen LogP contribution is 2.24. The molecule has 0 aliphatic carbocycles.